The molecule has 7 nitrogen and oxygen atoms in total. The molecule has 31 heavy (non-hydrogen) atoms. The maximum Gasteiger partial charge on any atom is 0.253 e. The molecule has 1 saturated heterocycles. The van der Waals surface area contributed by atoms with E-state index < -0.39 is 0 Å². The average Bonchev–Trinajstić information content (AvgIpc) is 3.27. The van der Waals surface area contributed by atoms with Crippen LogP contribution in [0.3, 0.4) is 0 Å². The van der Waals surface area contributed by atoms with Gasteiger partial charge in [0, 0.05) is 42.1 Å². The Labute approximate surface area is 183 Å². The number of carbonyl (C=O) groups excluding carboxylic acids is 3. The van der Waals surface area contributed by atoms with Gasteiger partial charge in [0.1, 0.15) is 0 Å². The Morgan fingerprint density at radius 1 is 0.806 bits per heavy atom. The van der Waals surface area contributed by atoms with E-state index in [0.717, 1.165) is 37.3 Å². The van der Waals surface area contributed by atoms with E-state index >= 15 is 0 Å². The first-order valence-corrected chi connectivity index (χ1v) is 10.7. The highest BCUT2D eigenvalue weighted by Crippen LogP contribution is 2.16. The normalized spacial score (nSPS) is 13.2. The Morgan fingerprint density at radius 3 is 1.90 bits per heavy atom. The van der Waals surface area contributed by atoms with Crippen LogP contribution in [0.25, 0.3) is 0 Å². The van der Waals surface area contributed by atoms with E-state index in [2.05, 4.69) is 16.0 Å². The van der Waals surface area contributed by atoms with Crippen LogP contribution in [0.4, 0.5) is 17.1 Å². The number of carbonyl (C=O) groups is 3. The Hall–Kier alpha value is -3.35. The molecule has 0 spiro atoms. The Kier molecular flexibility index (Phi) is 7.65. The Balaban J connectivity index is 1.44. The van der Waals surface area contributed by atoms with E-state index in [1.165, 1.54) is 0 Å². The molecule has 1 aliphatic rings. The van der Waals surface area contributed by atoms with Crippen LogP contribution in [-0.2, 0) is 9.59 Å². The third-order valence-electron chi connectivity index (χ3n) is 5.02. The summed E-state index contributed by atoms with van der Waals surface area (Å²) in [6, 6.07) is 14.2. The molecule has 164 valence electrons. The lowest BCUT2D eigenvalue weighted by Crippen LogP contribution is -2.27. The first-order valence-electron chi connectivity index (χ1n) is 10.7. The van der Waals surface area contributed by atoms with E-state index in [9.17, 15) is 14.4 Å². The highest BCUT2D eigenvalue weighted by Gasteiger charge is 2.19. The molecular formula is C24H30N4O3. The molecule has 1 fully saturated rings. The van der Waals surface area contributed by atoms with Crippen molar-refractivity contribution in [2.75, 3.05) is 35.6 Å². The highest BCUT2D eigenvalue weighted by atomic mass is 16.2. The minimum Gasteiger partial charge on any atom is -0.376 e. The number of hydrogen-bond donors (Lipinski definition) is 3. The van der Waals surface area contributed by atoms with Gasteiger partial charge < -0.3 is 20.9 Å². The van der Waals surface area contributed by atoms with Gasteiger partial charge in [0.15, 0.2) is 0 Å². The van der Waals surface area contributed by atoms with Crippen molar-refractivity contribution in [2.24, 2.45) is 5.92 Å². The largest absolute Gasteiger partial charge is 0.376 e. The van der Waals surface area contributed by atoms with Crippen molar-refractivity contribution in [1.82, 2.24) is 4.90 Å². The fourth-order valence-electron chi connectivity index (χ4n) is 3.44. The summed E-state index contributed by atoms with van der Waals surface area (Å²) in [6.45, 7) is 5.73. The van der Waals surface area contributed by atoms with Crippen LogP contribution < -0.4 is 16.0 Å². The smallest absolute Gasteiger partial charge is 0.253 e. The summed E-state index contributed by atoms with van der Waals surface area (Å²) in [5, 5.41) is 8.73. The SMILES string of the molecule is CC(C)CC(=O)Nc1ccc(NCC(=O)Nc2ccc(C(=O)N3CCCC3)cc2)cc1. The second kappa shape index (κ2) is 10.6. The van der Waals surface area contributed by atoms with E-state index in [0.29, 0.717) is 23.6 Å². The number of anilines is 3. The van der Waals surface area contributed by atoms with E-state index in [1.807, 2.05) is 30.9 Å². The minimum absolute atomic E-state index is 0.0109. The van der Waals surface area contributed by atoms with Gasteiger partial charge in [0.25, 0.3) is 5.91 Å². The summed E-state index contributed by atoms with van der Waals surface area (Å²) in [5.74, 6) is 0.151. The van der Waals surface area contributed by atoms with Crippen molar-refractivity contribution < 1.29 is 14.4 Å². The van der Waals surface area contributed by atoms with Crippen molar-refractivity contribution >= 4 is 34.8 Å². The molecule has 0 aromatic heterocycles. The summed E-state index contributed by atoms with van der Waals surface area (Å²) in [4.78, 5) is 38.3. The number of likely N-dealkylation sites (tertiary alicyclic amines) is 1. The van der Waals surface area contributed by atoms with E-state index in [1.54, 1.807) is 36.4 Å². The number of amides is 3. The molecule has 0 unspecified atom stereocenters. The molecule has 3 rings (SSSR count). The summed E-state index contributed by atoms with van der Waals surface area (Å²) in [6.07, 6.45) is 2.60. The molecule has 1 aliphatic heterocycles. The van der Waals surface area contributed by atoms with Gasteiger partial charge in [-0.3, -0.25) is 14.4 Å². The summed E-state index contributed by atoms with van der Waals surface area (Å²) in [5.41, 5.74) is 2.79. The van der Waals surface area contributed by atoms with Crippen LogP contribution in [0.1, 0.15) is 43.5 Å². The maximum atomic E-state index is 12.4. The summed E-state index contributed by atoms with van der Waals surface area (Å²) < 4.78 is 0. The van der Waals surface area contributed by atoms with Crippen LogP contribution in [0.5, 0.6) is 0 Å². The van der Waals surface area contributed by atoms with Crippen LogP contribution in [0.2, 0.25) is 0 Å². The van der Waals surface area contributed by atoms with Gasteiger partial charge >= 0.3 is 0 Å². The first kappa shape index (κ1) is 22.3. The fraction of sp³-hybridized carbons (Fsp3) is 0.375. The minimum atomic E-state index is -0.187. The van der Waals surface area contributed by atoms with Crippen molar-refractivity contribution in [2.45, 2.75) is 33.1 Å². The molecular weight excluding hydrogens is 392 g/mol. The number of rotatable bonds is 8. The van der Waals surface area contributed by atoms with Crippen LogP contribution in [0, 0.1) is 5.92 Å². The molecule has 3 N–H and O–H groups in total. The summed E-state index contributed by atoms with van der Waals surface area (Å²) >= 11 is 0. The lowest BCUT2D eigenvalue weighted by molar-refractivity contribution is -0.117. The van der Waals surface area contributed by atoms with E-state index in [4.69, 9.17) is 0 Å². The Bertz CT molecular complexity index is 901. The first-order chi connectivity index (χ1) is 14.9. The number of hydrogen-bond acceptors (Lipinski definition) is 4. The van der Waals surface area contributed by atoms with Crippen LogP contribution in [-0.4, -0.2) is 42.3 Å². The lowest BCUT2D eigenvalue weighted by atomic mass is 10.1. The topological polar surface area (TPSA) is 90.5 Å². The molecule has 2 aromatic rings. The molecule has 0 saturated carbocycles. The van der Waals surface area contributed by atoms with Crippen molar-refractivity contribution in [3.63, 3.8) is 0 Å². The van der Waals surface area contributed by atoms with Gasteiger partial charge in [-0.05, 0) is 67.3 Å². The van der Waals surface area contributed by atoms with Gasteiger partial charge in [-0.25, -0.2) is 0 Å². The van der Waals surface area contributed by atoms with Crippen LogP contribution >= 0.6 is 0 Å². The second-order valence-corrected chi connectivity index (χ2v) is 8.20. The van der Waals surface area contributed by atoms with E-state index in [-0.39, 0.29) is 24.3 Å². The van der Waals surface area contributed by atoms with Crippen molar-refractivity contribution in [1.29, 1.82) is 0 Å². The highest BCUT2D eigenvalue weighted by molar-refractivity contribution is 5.97. The zero-order valence-electron chi connectivity index (χ0n) is 18.1. The molecule has 2 aromatic carbocycles. The quantitative estimate of drug-likeness (QED) is 0.601. The molecule has 0 radical (unpaired) electrons. The molecule has 0 aliphatic carbocycles. The number of benzene rings is 2. The standard InChI is InChI=1S/C24H30N4O3/c1-17(2)15-22(29)26-21-11-9-19(10-12-21)25-16-23(30)27-20-7-5-18(6-8-20)24(31)28-13-3-4-14-28/h5-12,17,25H,3-4,13-16H2,1-2H3,(H,26,29)(H,27,30). The van der Waals surface area contributed by atoms with Crippen LogP contribution in [0.15, 0.2) is 48.5 Å². The molecule has 0 bridgehead atoms. The average molecular weight is 423 g/mol. The van der Waals surface area contributed by atoms with Crippen molar-refractivity contribution in [3.05, 3.63) is 54.1 Å². The predicted molar refractivity (Wildman–Crippen MR) is 123 cm³/mol. The number of nitrogens with one attached hydrogen (secondary N) is 3. The predicted octanol–water partition coefficient (Wildman–Crippen LogP) is 3.96. The molecule has 1 heterocycles. The van der Waals surface area contributed by atoms with Gasteiger partial charge in [0.05, 0.1) is 6.54 Å². The monoisotopic (exact) mass is 422 g/mol. The third kappa shape index (κ3) is 6.84. The van der Waals surface area contributed by atoms with Gasteiger partial charge in [-0.1, -0.05) is 13.8 Å². The maximum absolute atomic E-state index is 12.4. The number of nitrogens with zero attached hydrogens (tertiary/aromatic N) is 1. The summed E-state index contributed by atoms with van der Waals surface area (Å²) in [7, 11) is 0. The molecule has 3 amide bonds. The van der Waals surface area contributed by atoms with Gasteiger partial charge in [0.2, 0.25) is 11.8 Å². The zero-order chi connectivity index (χ0) is 22.2. The molecule has 7 heteroatoms. The van der Waals surface area contributed by atoms with Crippen molar-refractivity contribution in [3.8, 4) is 0 Å². The second-order valence-electron chi connectivity index (χ2n) is 8.20. The Morgan fingerprint density at radius 2 is 1.32 bits per heavy atom. The third-order valence-corrected chi connectivity index (χ3v) is 5.02. The van der Waals surface area contributed by atoms with Gasteiger partial charge in [-0.15, -0.1) is 0 Å². The van der Waals surface area contributed by atoms with Gasteiger partial charge in [-0.2, -0.15) is 0 Å². The molecule has 0 atom stereocenters. The zero-order valence-corrected chi connectivity index (χ0v) is 18.1. The lowest BCUT2D eigenvalue weighted by Gasteiger charge is -2.15. The fourth-order valence-corrected chi connectivity index (χ4v) is 3.44.